The SMILES string of the molecule is Cc1nnc2nc(N(CC(F)F)C3=CNCC(C#CC4(C(F)(F)F)CC4)=C3)c3cc(F)ccc3n12. The molecule has 35 heavy (non-hydrogen) atoms. The second-order valence-corrected chi connectivity index (χ2v) is 8.43. The molecule has 3 heterocycles. The van der Waals surface area contributed by atoms with Gasteiger partial charge in [-0.25, -0.2) is 13.2 Å². The molecule has 0 radical (unpaired) electrons. The Morgan fingerprint density at radius 2 is 2.00 bits per heavy atom. The van der Waals surface area contributed by atoms with Crippen LogP contribution in [0.15, 0.2) is 41.7 Å². The lowest BCUT2D eigenvalue weighted by Crippen LogP contribution is -2.32. The second-order valence-electron chi connectivity index (χ2n) is 8.43. The highest BCUT2D eigenvalue weighted by Crippen LogP contribution is 2.57. The van der Waals surface area contributed by atoms with Gasteiger partial charge in [0.1, 0.15) is 22.9 Å². The first-order valence-electron chi connectivity index (χ1n) is 10.7. The van der Waals surface area contributed by atoms with Crippen molar-refractivity contribution in [3.8, 4) is 11.8 Å². The summed E-state index contributed by atoms with van der Waals surface area (Å²) in [5.41, 5.74) is -1.06. The number of aromatic nitrogens is 4. The molecule has 0 unspecified atom stereocenters. The van der Waals surface area contributed by atoms with Crippen LogP contribution in [0, 0.1) is 30.0 Å². The van der Waals surface area contributed by atoms with E-state index in [0.717, 1.165) is 0 Å². The number of benzene rings is 1. The van der Waals surface area contributed by atoms with Crippen LogP contribution < -0.4 is 10.2 Å². The van der Waals surface area contributed by atoms with Crippen LogP contribution in [0.2, 0.25) is 0 Å². The molecule has 1 fully saturated rings. The third kappa shape index (κ3) is 4.15. The van der Waals surface area contributed by atoms with Gasteiger partial charge < -0.3 is 10.2 Å². The van der Waals surface area contributed by atoms with Crippen LogP contribution >= 0.6 is 0 Å². The number of alkyl halides is 5. The molecule has 0 amide bonds. The van der Waals surface area contributed by atoms with E-state index in [2.05, 4.69) is 32.3 Å². The minimum Gasteiger partial charge on any atom is -0.384 e. The Hall–Kier alpha value is -3.75. The zero-order chi connectivity index (χ0) is 25.0. The summed E-state index contributed by atoms with van der Waals surface area (Å²) in [5, 5.41) is 11.0. The van der Waals surface area contributed by atoms with E-state index in [9.17, 15) is 26.3 Å². The lowest BCUT2D eigenvalue weighted by molar-refractivity contribution is -0.168. The van der Waals surface area contributed by atoms with Gasteiger partial charge in [-0.2, -0.15) is 18.2 Å². The van der Waals surface area contributed by atoms with Crippen molar-refractivity contribution < 1.29 is 26.3 Å². The first-order valence-corrected chi connectivity index (χ1v) is 10.7. The van der Waals surface area contributed by atoms with Gasteiger partial charge in [-0.1, -0.05) is 11.8 Å². The minimum absolute atomic E-state index is 0.00663. The Bertz CT molecular complexity index is 1440. The minimum atomic E-state index is -4.43. The summed E-state index contributed by atoms with van der Waals surface area (Å²) in [7, 11) is 0. The second kappa shape index (κ2) is 8.18. The zero-order valence-electron chi connectivity index (χ0n) is 18.3. The molecule has 182 valence electrons. The summed E-state index contributed by atoms with van der Waals surface area (Å²) >= 11 is 0. The van der Waals surface area contributed by atoms with Crippen molar-refractivity contribution in [3.63, 3.8) is 0 Å². The van der Waals surface area contributed by atoms with E-state index in [1.165, 1.54) is 35.4 Å². The number of nitrogens with one attached hydrogen (secondary N) is 1. The summed E-state index contributed by atoms with van der Waals surface area (Å²) in [6.07, 6.45) is -4.49. The fourth-order valence-electron chi connectivity index (χ4n) is 3.98. The largest absolute Gasteiger partial charge is 0.405 e. The number of rotatable bonds is 4. The third-order valence-corrected chi connectivity index (χ3v) is 5.96. The van der Waals surface area contributed by atoms with E-state index in [-0.39, 0.29) is 42.1 Å². The monoisotopic (exact) mass is 492 g/mol. The van der Waals surface area contributed by atoms with Gasteiger partial charge in [0.2, 0.25) is 0 Å². The van der Waals surface area contributed by atoms with Gasteiger partial charge in [0, 0.05) is 23.7 Å². The molecule has 1 aromatic carbocycles. The van der Waals surface area contributed by atoms with Crippen LogP contribution in [0.1, 0.15) is 18.7 Å². The summed E-state index contributed by atoms with van der Waals surface area (Å²) in [6, 6.07) is 3.88. The van der Waals surface area contributed by atoms with Crippen molar-refractivity contribution in [2.75, 3.05) is 18.0 Å². The fourth-order valence-corrected chi connectivity index (χ4v) is 3.98. The molecule has 0 saturated heterocycles. The standard InChI is InChI=1S/C23H18F6N6/c1-13-32-33-21-31-20(17-9-15(24)2-3-18(17)35(13)21)34(12-19(25)26)16-8-14(10-30-11-16)4-5-22(6-7-22)23(27,28)29/h2-3,8-9,11,19,30H,6-7,10,12H2,1H3. The van der Waals surface area contributed by atoms with E-state index >= 15 is 0 Å². The van der Waals surface area contributed by atoms with Crippen LogP contribution in [0.3, 0.4) is 0 Å². The van der Waals surface area contributed by atoms with E-state index in [0.29, 0.717) is 16.9 Å². The molecule has 2 aliphatic rings. The average molecular weight is 492 g/mol. The first-order chi connectivity index (χ1) is 16.6. The predicted octanol–water partition coefficient (Wildman–Crippen LogP) is 4.51. The molecular weight excluding hydrogens is 474 g/mol. The van der Waals surface area contributed by atoms with Crippen molar-refractivity contribution in [1.29, 1.82) is 0 Å². The van der Waals surface area contributed by atoms with E-state index in [1.807, 2.05) is 0 Å². The number of allylic oxidation sites excluding steroid dienone is 1. The Balaban J connectivity index is 1.61. The van der Waals surface area contributed by atoms with Crippen molar-refractivity contribution >= 4 is 22.5 Å². The summed E-state index contributed by atoms with van der Waals surface area (Å²) in [5.74, 6) is 4.91. The predicted molar refractivity (Wildman–Crippen MR) is 116 cm³/mol. The third-order valence-electron chi connectivity index (χ3n) is 5.96. The maximum atomic E-state index is 14.2. The van der Waals surface area contributed by atoms with Gasteiger partial charge in [-0.05, 0) is 44.0 Å². The van der Waals surface area contributed by atoms with Crippen molar-refractivity contribution in [2.45, 2.75) is 32.4 Å². The van der Waals surface area contributed by atoms with Gasteiger partial charge in [0.15, 0.2) is 0 Å². The molecule has 0 spiro atoms. The highest BCUT2D eigenvalue weighted by Gasteiger charge is 2.62. The summed E-state index contributed by atoms with van der Waals surface area (Å²) in [4.78, 5) is 5.55. The van der Waals surface area contributed by atoms with E-state index in [1.54, 1.807) is 11.3 Å². The van der Waals surface area contributed by atoms with Crippen LogP contribution in [0.25, 0.3) is 16.7 Å². The normalized spacial score (nSPS) is 17.0. The van der Waals surface area contributed by atoms with Crippen LogP contribution in [0.4, 0.5) is 32.2 Å². The van der Waals surface area contributed by atoms with Gasteiger partial charge in [0.05, 0.1) is 17.8 Å². The molecule has 1 aliphatic carbocycles. The molecule has 5 rings (SSSR count). The molecule has 0 bridgehead atoms. The van der Waals surface area contributed by atoms with E-state index in [4.69, 9.17) is 0 Å². The average Bonchev–Trinajstić information content (AvgIpc) is 3.53. The summed E-state index contributed by atoms with van der Waals surface area (Å²) in [6.45, 7) is 1.01. The number of aryl methyl sites for hydroxylation is 1. The van der Waals surface area contributed by atoms with Crippen molar-refractivity contribution in [2.24, 2.45) is 5.41 Å². The quantitative estimate of drug-likeness (QED) is 0.429. The molecule has 3 aromatic rings. The van der Waals surface area contributed by atoms with Crippen LogP contribution in [-0.2, 0) is 0 Å². The zero-order valence-corrected chi connectivity index (χ0v) is 18.3. The van der Waals surface area contributed by atoms with Gasteiger partial charge in [-0.15, -0.1) is 10.2 Å². The smallest absolute Gasteiger partial charge is 0.384 e. The van der Waals surface area contributed by atoms with Crippen molar-refractivity contribution in [3.05, 3.63) is 53.4 Å². The van der Waals surface area contributed by atoms with Gasteiger partial charge in [-0.3, -0.25) is 4.40 Å². The lowest BCUT2D eigenvalue weighted by atomic mass is 10.1. The molecule has 2 aromatic heterocycles. The topological polar surface area (TPSA) is 58.4 Å². The van der Waals surface area contributed by atoms with Crippen LogP contribution in [0.5, 0.6) is 0 Å². The Morgan fingerprint density at radius 3 is 2.69 bits per heavy atom. The van der Waals surface area contributed by atoms with E-state index < -0.39 is 30.4 Å². The number of hydrogen-bond acceptors (Lipinski definition) is 5. The summed E-state index contributed by atoms with van der Waals surface area (Å²) < 4.78 is 82.8. The Labute approximate surface area is 195 Å². The Morgan fingerprint density at radius 1 is 1.23 bits per heavy atom. The molecule has 0 atom stereocenters. The number of fused-ring (bicyclic) bond motifs is 3. The number of anilines is 1. The molecule has 12 heteroatoms. The van der Waals surface area contributed by atoms with Gasteiger partial charge in [0.25, 0.3) is 12.2 Å². The molecule has 1 saturated carbocycles. The maximum Gasteiger partial charge on any atom is 0.405 e. The number of halogens is 6. The lowest BCUT2D eigenvalue weighted by Gasteiger charge is -2.28. The van der Waals surface area contributed by atoms with Gasteiger partial charge >= 0.3 is 6.18 Å². The highest BCUT2D eigenvalue weighted by molar-refractivity contribution is 5.92. The molecule has 6 nitrogen and oxygen atoms in total. The number of hydrogen-bond donors (Lipinski definition) is 1. The number of nitrogens with zero attached hydrogens (tertiary/aromatic N) is 5. The molecule has 1 N–H and O–H groups in total. The van der Waals surface area contributed by atoms with Crippen molar-refractivity contribution in [1.82, 2.24) is 24.9 Å². The van der Waals surface area contributed by atoms with Crippen LogP contribution in [-0.4, -0.2) is 45.3 Å². The fraction of sp³-hybridized carbons (Fsp3) is 0.348. The maximum absolute atomic E-state index is 14.2. The molecule has 1 aliphatic heterocycles. The number of dihydropyridines is 1. The molecular formula is C23H18F6N6. The first kappa shape index (κ1) is 23.0. The Kier molecular flexibility index (Phi) is 5.38. The highest BCUT2D eigenvalue weighted by atomic mass is 19.4.